The maximum atomic E-state index is 12.6. The number of hydrogen-bond donors (Lipinski definition) is 1. The third-order valence-corrected chi connectivity index (χ3v) is 4.98. The molecule has 0 spiro atoms. The average Bonchev–Trinajstić information content (AvgIpc) is 3.25. The molecule has 0 aromatic heterocycles. The Morgan fingerprint density at radius 2 is 1.73 bits per heavy atom. The van der Waals surface area contributed by atoms with Crippen molar-refractivity contribution in [2.45, 2.75) is 46.5 Å². The van der Waals surface area contributed by atoms with Gasteiger partial charge in [-0.15, -0.1) is 0 Å². The second kappa shape index (κ2) is 8.43. The van der Waals surface area contributed by atoms with Crippen LogP contribution in [0.15, 0.2) is 17.2 Å². The predicted octanol–water partition coefficient (Wildman–Crippen LogP) is 3.79. The number of rotatable bonds is 8. The Balaban J connectivity index is 1.81. The van der Waals surface area contributed by atoms with Gasteiger partial charge in [0.1, 0.15) is 0 Å². The molecule has 6 heteroatoms. The highest BCUT2D eigenvalue weighted by atomic mass is 16.5. The van der Waals surface area contributed by atoms with E-state index in [0.717, 1.165) is 18.1 Å². The number of carbonyl (C=O) groups is 1. The van der Waals surface area contributed by atoms with E-state index in [1.807, 2.05) is 20.8 Å². The summed E-state index contributed by atoms with van der Waals surface area (Å²) in [4.78, 5) is 12.6. The molecule has 1 aromatic carbocycles. The molecule has 2 unspecified atom stereocenters. The topological polar surface area (TPSA) is 69.2 Å². The molecule has 1 amide bonds. The van der Waals surface area contributed by atoms with Crippen molar-refractivity contribution in [2.75, 3.05) is 19.8 Å². The first-order chi connectivity index (χ1) is 12.7. The smallest absolute Gasteiger partial charge is 0.271 e. The monoisotopic (exact) mass is 360 g/mol. The lowest BCUT2D eigenvalue weighted by molar-refractivity contribution is 0.0953. The molecule has 2 saturated carbocycles. The van der Waals surface area contributed by atoms with Gasteiger partial charge in [0.2, 0.25) is 5.75 Å². The number of nitrogens with zero attached hydrogens (tertiary/aromatic N) is 1. The molecule has 0 radical (unpaired) electrons. The van der Waals surface area contributed by atoms with Crippen LogP contribution in [0.3, 0.4) is 0 Å². The van der Waals surface area contributed by atoms with E-state index in [2.05, 4.69) is 10.5 Å². The van der Waals surface area contributed by atoms with Gasteiger partial charge in [0, 0.05) is 11.3 Å². The summed E-state index contributed by atoms with van der Waals surface area (Å²) in [5, 5.41) is 4.40. The highest BCUT2D eigenvalue weighted by molar-refractivity contribution is 5.97. The van der Waals surface area contributed by atoms with Gasteiger partial charge in [0.15, 0.2) is 11.5 Å². The van der Waals surface area contributed by atoms with Gasteiger partial charge in [-0.1, -0.05) is 0 Å². The zero-order valence-corrected chi connectivity index (χ0v) is 15.8. The van der Waals surface area contributed by atoms with Crippen LogP contribution >= 0.6 is 0 Å². The fourth-order valence-corrected chi connectivity index (χ4v) is 3.87. The first-order valence-corrected chi connectivity index (χ1v) is 9.59. The maximum absolute atomic E-state index is 12.6. The lowest BCUT2D eigenvalue weighted by atomic mass is 9.99. The minimum Gasteiger partial charge on any atom is -0.490 e. The van der Waals surface area contributed by atoms with Crippen LogP contribution in [0.5, 0.6) is 17.2 Å². The molecule has 0 saturated heterocycles. The highest BCUT2D eigenvalue weighted by Crippen LogP contribution is 2.42. The summed E-state index contributed by atoms with van der Waals surface area (Å²) < 4.78 is 17.0. The largest absolute Gasteiger partial charge is 0.490 e. The molecule has 2 aliphatic rings. The summed E-state index contributed by atoms with van der Waals surface area (Å²) >= 11 is 0. The Bertz CT molecular complexity index is 659. The van der Waals surface area contributed by atoms with Crippen molar-refractivity contribution in [3.63, 3.8) is 0 Å². The molecule has 2 fully saturated rings. The molecule has 2 aliphatic carbocycles. The van der Waals surface area contributed by atoms with Crippen molar-refractivity contribution in [1.29, 1.82) is 0 Å². The first kappa shape index (κ1) is 18.5. The van der Waals surface area contributed by atoms with Gasteiger partial charge in [-0.2, -0.15) is 5.10 Å². The van der Waals surface area contributed by atoms with Crippen LogP contribution in [-0.4, -0.2) is 31.4 Å². The maximum Gasteiger partial charge on any atom is 0.271 e. The lowest BCUT2D eigenvalue weighted by Gasteiger charge is -2.17. The van der Waals surface area contributed by atoms with Gasteiger partial charge < -0.3 is 14.2 Å². The zero-order chi connectivity index (χ0) is 18.5. The lowest BCUT2D eigenvalue weighted by Crippen LogP contribution is -2.22. The van der Waals surface area contributed by atoms with Gasteiger partial charge in [-0.25, -0.2) is 5.43 Å². The third kappa shape index (κ3) is 3.94. The molecule has 142 valence electrons. The second-order valence-corrected chi connectivity index (χ2v) is 6.72. The highest BCUT2D eigenvalue weighted by Gasteiger charge is 2.36. The molecule has 2 bridgehead atoms. The summed E-state index contributed by atoms with van der Waals surface area (Å²) in [5.41, 5.74) is 4.30. The molecule has 3 rings (SSSR count). The van der Waals surface area contributed by atoms with Crippen LogP contribution in [0.4, 0.5) is 0 Å². The summed E-state index contributed by atoms with van der Waals surface area (Å²) in [5.74, 6) is 2.61. The Morgan fingerprint density at radius 1 is 1.08 bits per heavy atom. The number of hydrazone groups is 1. The molecule has 0 heterocycles. The third-order valence-electron chi connectivity index (χ3n) is 4.98. The number of ether oxygens (including phenoxy) is 3. The molecule has 0 aliphatic heterocycles. The second-order valence-electron chi connectivity index (χ2n) is 6.72. The quantitative estimate of drug-likeness (QED) is 0.716. The van der Waals surface area contributed by atoms with E-state index in [1.165, 1.54) is 19.3 Å². The number of amides is 1. The van der Waals surface area contributed by atoms with Crippen LogP contribution in [0.2, 0.25) is 0 Å². The number of fused-ring (bicyclic) bond motifs is 2. The van der Waals surface area contributed by atoms with Crippen LogP contribution in [0, 0.1) is 11.8 Å². The molecule has 6 nitrogen and oxygen atoms in total. The molecule has 26 heavy (non-hydrogen) atoms. The van der Waals surface area contributed by atoms with E-state index in [1.54, 1.807) is 12.1 Å². The Labute approximate surface area is 154 Å². The minimum absolute atomic E-state index is 0.259. The SMILES string of the molecule is CCOc1cc(C(=O)N/N=C2/CC3CCC2C3)cc(OCC)c1OCC. The summed E-state index contributed by atoms with van der Waals surface area (Å²) in [6.07, 6.45) is 4.74. The fraction of sp³-hybridized carbons (Fsp3) is 0.600. The molecular formula is C20H28N2O4. The fourth-order valence-electron chi connectivity index (χ4n) is 3.87. The van der Waals surface area contributed by atoms with Gasteiger partial charge in [-0.05, 0) is 70.4 Å². The van der Waals surface area contributed by atoms with Gasteiger partial charge in [-0.3, -0.25) is 4.79 Å². The summed E-state index contributed by atoms with van der Waals surface area (Å²) in [6, 6.07) is 3.38. The molecule has 1 N–H and O–H groups in total. The van der Waals surface area contributed by atoms with E-state index < -0.39 is 0 Å². The number of carbonyl (C=O) groups excluding carboxylic acids is 1. The van der Waals surface area contributed by atoms with Crippen molar-refractivity contribution >= 4 is 11.6 Å². The zero-order valence-electron chi connectivity index (χ0n) is 15.8. The Morgan fingerprint density at radius 3 is 2.23 bits per heavy atom. The van der Waals surface area contributed by atoms with Crippen molar-refractivity contribution in [1.82, 2.24) is 5.43 Å². The number of hydrogen-bond acceptors (Lipinski definition) is 5. The summed E-state index contributed by atoms with van der Waals surface area (Å²) in [6.45, 7) is 7.12. The van der Waals surface area contributed by atoms with Gasteiger partial charge in [0.05, 0.1) is 19.8 Å². The van der Waals surface area contributed by atoms with Crippen molar-refractivity contribution in [3.8, 4) is 17.2 Å². The minimum atomic E-state index is -0.259. The van der Waals surface area contributed by atoms with Crippen LogP contribution in [0.1, 0.15) is 56.8 Å². The van der Waals surface area contributed by atoms with E-state index in [0.29, 0.717) is 48.6 Å². The molecule has 2 atom stereocenters. The standard InChI is InChI=1S/C20H28N2O4/c1-4-24-17-11-15(12-18(25-5-2)19(17)26-6-3)20(23)22-21-16-10-13-7-8-14(16)9-13/h11-14H,4-10H2,1-3H3,(H,22,23)/b21-16-. The van der Waals surface area contributed by atoms with Crippen molar-refractivity contribution < 1.29 is 19.0 Å². The predicted molar refractivity (Wildman–Crippen MR) is 100 cm³/mol. The summed E-state index contributed by atoms with van der Waals surface area (Å²) in [7, 11) is 0. The van der Waals surface area contributed by atoms with E-state index in [9.17, 15) is 4.79 Å². The Hall–Kier alpha value is -2.24. The average molecular weight is 360 g/mol. The van der Waals surface area contributed by atoms with Crippen molar-refractivity contribution in [2.24, 2.45) is 16.9 Å². The van der Waals surface area contributed by atoms with E-state index >= 15 is 0 Å². The van der Waals surface area contributed by atoms with E-state index in [-0.39, 0.29) is 5.91 Å². The number of nitrogens with one attached hydrogen (secondary N) is 1. The van der Waals surface area contributed by atoms with E-state index in [4.69, 9.17) is 14.2 Å². The van der Waals surface area contributed by atoms with Crippen molar-refractivity contribution in [3.05, 3.63) is 17.7 Å². The van der Waals surface area contributed by atoms with Crippen LogP contribution in [0.25, 0.3) is 0 Å². The van der Waals surface area contributed by atoms with Crippen LogP contribution in [-0.2, 0) is 0 Å². The molecule has 1 aromatic rings. The van der Waals surface area contributed by atoms with Crippen LogP contribution < -0.4 is 19.6 Å². The molecular weight excluding hydrogens is 332 g/mol. The van der Waals surface area contributed by atoms with Gasteiger partial charge >= 0.3 is 0 Å². The normalized spacial score (nSPS) is 22.5. The number of benzene rings is 1. The first-order valence-electron chi connectivity index (χ1n) is 9.59. The van der Waals surface area contributed by atoms with Gasteiger partial charge in [0.25, 0.3) is 5.91 Å². The Kier molecular flexibility index (Phi) is 6.01.